The molecule has 20 heavy (non-hydrogen) atoms. The van der Waals surface area contributed by atoms with Crippen LogP contribution in [0.4, 0.5) is 10.1 Å². The molecule has 0 aromatic heterocycles. The summed E-state index contributed by atoms with van der Waals surface area (Å²) >= 11 is 3.20. The number of rotatable bonds is 3. The highest BCUT2D eigenvalue weighted by atomic mass is 79.9. The molecule has 1 aliphatic heterocycles. The molecule has 0 saturated carbocycles. The zero-order valence-corrected chi connectivity index (χ0v) is 13.4. The van der Waals surface area contributed by atoms with Crippen LogP contribution >= 0.6 is 15.9 Å². The predicted octanol–water partition coefficient (Wildman–Crippen LogP) is 3.65. The van der Waals surface area contributed by atoms with Gasteiger partial charge in [-0.2, -0.15) is 0 Å². The number of piperidine rings is 1. The first-order valence-corrected chi connectivity index (χ1v) is 7.76. The Kier molecular flexibility index (Phi) is 5.16. The third-order valence-electron chi connectivity index (χ3n) is 3.93. The molecule has 0 unspecified atom stereocenters. The van der Waals surface area contributed by atoms with Crippen molar-refractivity contribution in [3.8, 4) is 0 Å². The minimum atomic E-state index is -0.424. The second kappa shape index (κ2) is 6.68. The van der Waals surface area contributed by atoms with Crippen molar-refractivity contribution in [2.75, 3.05) is 18.4 Å². The van der Waals surface area contributed by atoms with Crippen LogP contribution in [0.15, 0.2) is 22.7 Å². The van der Waals surface area contributed by atoms with Gasteiger partial charge in [0.1, 0.15) is 5.82 Å². The van der Waals surface area contributed by atoms with E-state index < -0.39 is 5.82 Å². The minimum Gasteiger partial charge on any atom is -0.322 e. The molecule has 1 amide bonds. The van der Waals surface area contributed by atoms with Gasteiger partial charge in [-0.1, -0.05) is 22.9 Å². The zero-order valence-electron chi connectivity index (χ0n) is 11.8. The maximum Gasteiger partial charge on any atom is 0.241 e. The summed E-state index contributed by atoms with van der Waals surface area (Å²) in [6, 6.07) is 4.41. The van der Waals surface area contributed by atoms with Gasteiger partial charge in [0.05, 0.1) is 11.7 Å². The normalized spacial score (nSPS) is 18.8. The van der Waals surface area contributed by atoms with E-state index in [1.807, 2.05) is 6.92 Å². The molecule has 1 aliphatic rings. The average Bonchev–Trinajstić information content (AvgIpc) is 2.42. The molecule has 1 aromatic rings. The highest BCUT2D eigenvalue weighted by Crippen LogP contribution is 2.21. The van der Waals surface area contributed by atoms with Gasteiger partial charge < -0.3 is 5.32 Å². The highest BCUT2D eigenvalue weighted by Gasteiger charge is 2.25. The summed E-state index contributed by atoms with van der Waals surface area (Å²) in [5.74, 6) is 0.151. The molecule has 0 aliphatic carbocycles. The lowest BCUT2D eigenvalue weighted by molar-refractivity contribution is -0.121. The van der Waals surface area contributed by atoms with Crippen molar-refractivity contribution >= 4 is 27.5 Å². The number of amides is 1. The molecular formula is C15H20BrFN2O. The van der Waals surface area contributed by atoms with Crippen LogP contribution in [-0.4, -0.2) is 29.9 Å². The van der Waals surface area contributed by atoms with Crippen LogP contribution in [0.5, 0.6) is 0 Å². The summed E-state index contributed by atoms with van der Waals surface area (Å²) < 4.78 is 14.4. The molecular weight excluding hydrogens is 323 g/mol. The number of anilines is 1. The van der Waals surface area contributed by atoms with Gasteiger partial charge in [0.2, 0.25) is 5.91 Å². The van der Waals surface area contributed by atoms with Crippen molar-refractivity contribution in [3.63, 3.8) is 0 Å². The van der Waals surface area contributed by atoms with Crippen LogP contribution < -0.4 is 5.32 Å². The monoisotopic (exact) mass is 342 g/mol. The Morgan fingerprint density at radius 2 is 2.10 bits per heavy atom. The van der Waals surface area contributed by atoms with E-state index in [9.17, 15) is 9.18 Å². The van der Waals surface area contributed by atoms with E-state index in [1.54, 1.807) is 12.1 Å². The van der Waals surface area contributed by atoms with Gasteiger partial charge in [0.15, 0.2) is 0 Å². The van der Waals surface area contributed by atoms with Gasteiger partial charge in [0.25, 0.3) is 0 Å². The van der Waals surface area contributed by atoms with Crippen LogP contribution in [0.25, 0.3) is 0 Å². The van der Waals surface area contributed by atoms with Crippen molar-refractivity contribution in [3.05, 3.63) is 28.5 Å². The number of carbonyl (C=O) groups excluding carboxylic acids is 1. The molecule has 0 radical (unpaired) electrons. The van der Waals surface area contributed by atoms with Gasteiger partial charge in [-0.15, -0.1) is 0 Å². The van der Waals surface area contributed by atoms with Crippen molar-refractivity contribution in [1.82, 2.24) is 4.90 Å². The Bertz CT molecular complexity index is 487. The maximum absolute atomic E-state index is 13.7. The first-order valence-electron chi connectivity index (χ1n) is 6.97. The Labute approximate surface area is 127 Å². The molecule has 110 valence electrons. The average molecular weight is 343 g/mol. The van der Waals surface area contributed by atoms with Gasteiger partial charge in [-0.05, 0) is 57.0 Å². The van der Waals surface area contributed by atoms with Crippen LogP contribution in [0, 0.1) is 11.7 Å². The van der Waals surface area contributed by atoms with E-state index in [0.29, 0.717) is 4.47 Å². The number of carbonyl (C=O) groups is 1. The minimum absolute atomic E-state index is 0.152. The summed E-state index contributed by atoms with van der Waals surface area (Å²) in [6.45, 7) is 5.97. The van der Waals surface area contributed by atoms with Crippen LogP contribution in [0.1, 0.15) is 26.7 Å². The summed E-state index contributed by atoms with van der Waals surface area (Å²) in [4.78, 5) is 14.4. The number of nitrogens with one attached hydrogen (secondary N) is 1. The Morgan fingerprint density at radius 3 is 2.70 bits per heavy atom. The van der Waals surface area contributed by atoms with Gasteiger partial charge in [-0.3, -0.25) is 9.69 Å². The second-order valence-electron chi connectivity index (χ2n) is 5.51. The Hall–Kier alpha value is -0.940. The van der Waals surface area contributed by atoms with Gasteiger partial charge in [-0.25, -0.2) is 4.39 Å². The summed E-state index contributed by atoms with van der Waals surface area (Å²) in [5, 5.41) is 2.67. The molecule has 3 nitrogen and oxygen atoms in total. The Balaban J connectivity index is 1.97. The number of hydrogen-bond acceptors (Lipinski definition) is 2. The quantitative estimate of drug-likeness (QED) is 0.909. The lowest BCUT2D eigenvalue weighted by Crippen LogP contribution is -2.45. The number of likely N-dealkylation sites (tertiary alicyclic amines) is 1. The van der Waals surface area contributed by atoms with Crippen molar-refractivity contribution < 1.29 is 9.18 Å². The van der Waals surface area contributed by atoms with E-state index in [0.717, 1.165) is 31.8 Å². The SMILES string of the molecule is CC1CCN([C@@H](C)C(=O)Nc2ccc(Br)cc2F)CC1. The smallest absolute Gasteiger partial charge is 0.241 e. The van der Waals surface area contributed by atoms with Gasteiger partial charge in [0, 0.05) is 4.47 Å². The molecule has 0 bridgehead atoms. The number of halogens is 2. The maximum atomic E-state index is 13.7. The predicted molar refractivity (Wildman–Crippen MR) is 82.2 cm³/mol. The zero-order chi connectivity index (χ0) is 14.7. The van der Waals surface area contributed by atoms with E-state index in [1.165, 1.54) is 6.07 Å². The fourth-order valence-electron chi connectivity index (χ4n) is 2.41. The van der Waals surface area contributed by atoms with Gasteiger partial charge >= 0.3 is 0 Å². The van der Waals surface area contributed by atoms with E-state index in [2.05, 4.69) is 33.1 Å². The third kappa shape index (κ3) is 3.79. The Morgan fingerprint density at radius 1 is 1.45 bits per heavy atom. The number of hydrogen-bond donors (Lipinski definition) is 1. The van der Waals surface area contributed by atoms with Crippen LogP contribution in [0.3, 0.4) is 0 Å². The van der Waals surface area contributed by atoms with Crippen molar-refractivity contribution in [2.45, 2.75) is 32.7 Å². The lowest BCUT2D eigenvalue weighted by atomic mass is 9.98. The molecule has 1 fully saturated rings. The van der Waals surface area contributed by atoms with Crippen LogP contribution in [-0.2, 0) is 4.79 Å². The van der Waals surface area contributed by atoms with Crippen molar-refractivity contribution in [2.24, 2.45) is 5.92 Å². The highest BCUT2D eigenvalue weighted by molar-refractivity contribution is 9.10. The fourth-order valence-corrected chi connectivity index (χ4v) is 2.74. The lowest BCUT2D eigenvalue weighted by Gasteiger charge is -2.34. The molecule has 1 aromatic carbocycles. The molecule has 0 spiro atoms. The molecule has 1 heterocycles. The summed E-state index contributed by atoms with van der Waals surface area (Å²) in [7, 11) is 0. The largest absolute Gasteiger partial charge is 0.322 e. The molecule has 1 atom stereocenters. The summed E-state index contributed by atoms with van der Waals surface area (Å²) in [6.07, 6.45) is 2.23. The van der Waals surface area contributed by atoms with Crippen LogP contribution in [0.2, 0.25) is 0 Å². The van der Waals surface area contributed by atoms with Crippen molar-refractivity contribution in [1.29, 1.82) is 0 Å². The number of benzene rings is 1. The molecule has 1 N–H and O–H groups in total. The van der Waals surface area contributed by atoms with E-state index in [4.69, 9.17) is 0 Å². The molecule has 5 heteroatoms. The fraction of sp³-hybridized carbons (Fsp3) is 0.533. The molecule has 2 rings (SSSR count). The number of nitrogens with zero attached hydrogens (tertiary/aromatic N) is 1. The summed E-state index contributed by atoms with van der Waals surface area (Å²) in [5.41, 5.74) is 0.232. The second-order valence-corrected chi connectivity index (χ2v) is 6.42. The molecule has 1 saturated heterocycles. The van der Waals surface area contributed by atoms with E-state index in [-0.39, 0.29) is 17.6 Å². The third-order valence-corrected chi connectivity index (χ3v) is 4.43. The first-order chi connectivity index (χ1) is 9.47. The first kappa shape index (κ1) is 15.4. The van der Waals surface area contributed by atoms with E-state index >= 15 is 0 Å². The topological polar surface area (TPSA) is 32.3 Å². The standard InChI is InChI=1S/C15H20BrFN2O/c1-10-5-7-19(8-6-10)11(2)15(20)18-14-4-3-12(16)9-13(14)17/h3-4,9-11H,5-8H2,1-2H3,(H,18,20)/t11-/m0/s1.